The summed E-state index contributed by atoms with van der Waals surface area (Å²) in [6.45, 7) is 11.4. The maximum absolute atomic E-state index is 4.95. The number of piperazine rings is 1. The molecule has 1 aliphatic heterocycles. The van der Waals surface area contributed by atoms with E-state index in [0.29, 0.717) is 13.1 Å². The molecule has 1 fully saturated rings. The second kappa shape index (κ2) is 11.5. The quantitative estimate of drug-likeness (QED) is 0.293. The number of aliphatic imine (C=N–C) groups is 1. The zero-order valence-electron chi connectivity index (χ0n) is 20.0. The fourth-order valence-electron chi connectivity index (χ4n) is 4.00. The van der Waals surface area contributed by atoms with Gasteiger partial charge in [0, 0.05) is 38.9 Å². The molecule has 8 heteroatoms. The van der Waals surface area contributed by atoms with Crippen molar-refractivity contribution in [3.05, 3.63) is 76.9 Å². The van der Waals surface area contributed by atoms with Gasteiger partial charge >= 0.3 is 0 Å². The molecule has 0 bridgehead atoms. The fourth-order valence-corrected chi connectivity index (χ4v) is 4.00. The van der Waals surface area contributed by atoms with E-state index >= 15 is 0 Å². The molecule has 0 unspecified atom stereocenters. The summed E-state index contributed by atoms with van der Waals surface area (Å²) in [4.78, 5) is 9.79. The third-order valence-electron chi connectivity index (χ3n) is 6.13. The monoisotopic (exact) mass is 559 g/mol. The van der Waals surface area contributed by atoms with Gasteiger partial charge < -0.3 is 19.7 Å². The summed E-state index contributed by atoms with van der Waals surface area (Å²) < 4.78 is 2.01. The van der Waals surface area contributed by atoms with Crippen molar-refractivity contribution in [2.75, 3.05) is 31.1 Å². The van der Waals surface area contributed by atoms with Crippen LogP contribution in [0, 0.1) is 20.8 Å². The van der Waals surface area contributed by atoms with Crippen LogP contribution in [-0.2, 0) is 20.1 Å². The lowest BCUT2D eigenvalue weighted by Gasteiger charge is -2.38. The van der Waals surface area contributed by atoms with Crippen LogP contribution in [0.15, 0.2) is 53.5 Å². The summed E-state index contributed by atoms with van der Waals surface area (Å²) in [6, 6.07) is 17.1. The average molecular weight is 560 g/mol. The molecule has 7 nitrogen and oxygen atoms in total. The Morgan fingerprint density at radius 3 is 2.36 bits per heavy atom. The van der Waals surface area contributed by atoms with E-state index in [4.69, 9.17) is 4.99 Å². The molecule has 176 valence electrons. The lowest BCUT2D eigenvalue weighted by atomic mass is 10.1. The molecule has 33 heavy (non-hydrogen) atoms. The number of aromatic nitrogens is 3. The molecule has 1 saturated heterocycles. The first kappa shape index (κ1) is 25.0. The number of nitrogens with zero attached hydrogens (tertiary/aromatic N) is 6. The molecule has 1 N–H and O–H groups in total. The second-order valence-electron chi connectivity index (χ2n) is 8.47. The molecule has 2 heterocycles. The Hall–Kier alpha value is -2.62. The van der Waals surface area contributed by atoms with Crippen LogP contribution in [0.5, 0.6) is 0 Å². The summed E-state index contributed by atoms with van der Waals surface area (Å²) >= 11 is 0. The minimum atomic E-state index is 0. The molecule has 3 aromatic rings. The smallest absolute Gasteiger partial charge is 0.194 e. The Morgan fingerprint density at radius 1 is 0.970 bits per heavy atom. The van der Waals surface area contributed by atoms with E-state index in [-0.39, 0.29) is 24.0 Å². The number of hydrogen-bond donors (Lipinski definition) is 1. The summed E-state index contributed by atoms with van der Waals surface area (Å²) in [6.07, 6.45) is 0. The van der Waals surface area contributed by atoms with Crippen molar-refractivity contribution in [1.82, 2.24) is 25.0 Å². The third-order valence-corrected chi connectivity index (χ3v) is 6.13. The van der Waals surface area contributed by atoms with Crippen LogP contribution in [0.4, 0.5) is 5.69 Å². The Morgan fingerprint density at radius 2 is 1.70 bits per heavy atom. The molecular formula is C25H34IN7. The van der Waals surface area contributed by atoms with Crippen molar-refractivity contribution in [3.63, 3.8) is 0 Å². The largest absolute Gasteiger partial charge is 0.368 e. The van der Waals surface area contributed by atoms with Gasteiger partial charge in [-0.2, -0.15) is 0 Å². The van der Waals surface area contributed by atoms with Crippen molar-refractivity contribution >= 4 is 35.6 Å². The number of guanidine groups is 1. The molecule has 4 rings (SSSR count). The molecule has 2 aromatic carbocycles. The lowest BCUT2D eigenvalue weighted by molar-refractivity contribution is 0.370. The van der Waals surface area contributed by atoms with E-state index in [9.17, 15) is 0 Å². The highest BCUT2D eigenvalue weighted by Gasteiger charge is 2.21. The van der Waals surface area contributed by atoms with Gasteiger partial charge in [-0.3, -0.25) is 0 Å². The fraction of sp³-hybridized carbons (Fsp3) is 0.400. The van der Waals surface area contributed by atoms with Gasteiger partial charge in [-0.15, -0.1) is 34.2 Å². The van der Waals surface area contributed by atoms with Gasteiger partial charge in [-0.1, -0.05) is 42.5 Å². The topological polar surface area (TPSA) is 61.6 Å². The van der Waals surface area contributed by atoms with E-state index < -0.39 is 0 Å². The Kier molecular flexibility index (Phi) is 8.71. The number of halogens is 1. The van der Waals surface area contributed by atoms with Crippen LogP contribution < -0.4 is 10.2 Å². The zero-order chi connectivity index (χ0) is 22.5. The standard InChI is InChI=1S/C25H33N7.HI/c1-19-10-11-20(2)23(16-19)31-12-14-32(15-13-31)25(26-17-22-8-6-5-7-9-22)27-18-24-29-28-21(3)30(24)4;/h5-11,16H,12-15,17-18H2,1-4H3,(H,26,27);1H. The van der Waals surface area contributed by atoms with Gasteiger partial charge in [0.05, 0.1) is 13.1 Å². The van der Waals surface area contributed by atoms with Gasteiger partial charge in [-0.05, 0) is 43.5 Å². The van der Waals surface area contributed by atoms with E-state index in [1.807, 2.05) is 24.6 Å². The highest BCUT2D eigenvalue weighted by atomic mass is 127. The van der Waals surface area contributed by atoms with Crippen LogP contribution in [-0.4, -0.2) is 51.8 Å². The van der Waals surface area contributed by atoms with Crippen molar-refractivity contribution in [2.24, 2.45) is 12.0 Å². The number of benzene rings is 2. The number of anilines is 1. The number of aryl methyl sites for hydroxylation is 3. The van der Waals surface area contributed by atoms with E-state index in [1.54, 1.807) is 0 Å². The highest BCUT2D eigenvalue weighted by molar-refractivity contribution is 14.0. The number of rotatable bonds is 5. The first-order valence-electron chi connectivity index (χ1n) is 11.3. The summed E-state index contributed by atoms with van der Waals surface area (Å²) in [5.74, 6) is 2.74. The average Bonchev–Trinajstić information content (AvgIpc) is 3.14. The van der Waals surface area contributed by atoms with Gasteiger partial charge in [0.1, 0.15) is 5.82 Å². The second-order valence-corrected chi connectivity index (χ2v) is 8.47. The predicted octanol–water partition coefficient (Wildman–Crippen LogP) is 3.83. The van der Waals surface area contributed by atoms with Crippen LogP contribution in [0.1, 0.15) is 28.3 Å². The minimum Gasteiger partial charge on any atom is -0.368 e. The van der Waals surface area contributed by atoms with Crippen molar-refractivity contribution in [2.45, 2.75) is 33.9 Å². The van der Waals surface area contributed by atoms with E-state index in [0.717, 1.165) is 43.8 Å². The Bertz CT molecular complexity index is 1070. The molecule has 0 atom stereocenters. The molecule has 0 amide bonds. The normalized spacial score (nSPS) is 14.2. The molecule has 0 saturated carbocycles. The van der Waals surface area contributed by atoms with Crippen molar-refractivity contribution < 1.29 is 0 Å². The van der Waals surface area contributed by atoms with Gasteiger partial charge in [0.15, 0.2) is 11.8 Å². The molecule has 0 radical (unpaired) electrons. The van der Waals surface area contributed by atoms with Crippen LogP contribution >= 0.6 is 24.0 Å². The minimum absolute atomic E-state index is 0. The van der Waals surface area contributed by atoms with Crippen molar-refractivity contribution in [3.8, 4) is 0 Å². The van der Waals surface area contributed by atoms with Crippen LogP contribution in [0.2, 0.25) is 0 Å². The van der Waals surface area contributed by atoms with Crippen LogP contribution in [0.25, 0.3) is 0 Å². The number of hydrogen-bond acceptors (Lipinski definition) is 4. The highest BCUT2D eigenvalue weighted by Crippen LogP contribution is 2.23. The summed E-state index contributed by atoms with van der Waals surface area (Å²) in [5, 5.41) is 12.0. The third kappa shape index (κ3) is 6.25. The first-order chi connectivity index (χ1) is 15.5. The van der Waals surface area contributed by atoms with Crippen molar-refractivity contribution in [1.29, 1.82) is 0 Å². The molecule has 1 aromatic heterocycles. The zero-order valence-corrected chi connectivity index (χ0v) is 22.3. The predicted molar refractivity (Wildman–Crippen MR) is 145 cm³/mol. The summed E-state index contributed by atoms with van der Waals surface area (Å²) in [5.41, 5.74) is 5.18. The molecular weight excluding hydrogens is 525 g/mol. The van der Waals surface area contributed by atoms with E-state index in [1.165, 1.54) is 22.4 Å². The first-order valence-corrected chi connectivity index (χ1v) is 11.3. The molecule has 0 aliphatic carbocycles. The van der Waals surface area contributed by atoms with Gasteiger partial charge in [-0.25, -0.2) is 4.99 Å². The number of nitrogens with one attached hydrogen (secondary N) is 1. The SMILES string of the molecule is Cc1ccc(C)c(N2CCN(C(=NCc3ccccc3)NCc3nnc(C)n3C)CC2)c1.I. The molecule has 1 aliphatic rings. The van der Waals surface area contributed by atoms with E-state index in [2.05, 4.69) is 81.6 Å². The van der Waals surface area contributed by atoms with Gasteiger partial charge in [0.2, 0.25) is 0 Å². The maximum atomic E-state index is 4.95. The Balaban J connectivity index is 0.00000306. The van der Waals surface area contributed by atoms with Gasteiger partial charge in [0.25, 0.3) is 0 Å². The maximum Gasteiger partial charge on any atom is 0.194 e. The summed E-state index contributed by atoms with van der Waals surface area (Å²) in [7, 11) is 2.00. The lowest BCUT2D eigenvalue weighted by Crippen LogP contribution is -2.52. The Labute approximate surface area is 213 Å². The van der Waals surface area contributed by atoms with Crippen LogP contribution in [0.3, 0.4) is 0 Å². The molecule has 0 spiro atoms.